The van der Waals surface area contributed by atoms with Crippen molar-refractivity contribution in [2.24, 2.45) is 0 Å². The van der Waals surface area contributed by atoms with Crippen molar-refractivity contribution in [3.63, 3.8) is 0 Å². The van der Waals surface area contributed by atoms with Crippen molar-refractivity contribution in [1.29, 1.82) is 0 Å². The van der Waals surface area contributed by atoms with Gasteiger partial charge in [0, 0.05) is 45.0 Å². The number of rotatable bonds is 4. The van der Waals surface area contributed by atoms with Crippen LogP contribution in [0.2, 0.25) is 0 Å². The van der Waals surface area contributed by atoms with Gasteiger partial charge in [-0.25, -0.2) is 0 Å². The monoisotopic (exact) mass is 247 g/mol. The number of piperazine rings is 1. The van der Waals surface area contributed by atoms with Gasteiger partial charge in [-0.2, -0.15) is 0 Å². The van der Waals surface area contributed by atoms with Gasteiger partial charge in [0.1, 0.15) is 0 Å². The number of likely N-dealkylation sites (N-methyl/N-ethyl adjacent to an activating group) is 1. The number of anilines is 1. The molecule has 18 heavy (non-hydrogen) atoms. The lowest BCUT2D eigenvalue weighted by molar-refractivity contribution is 0.229. The molecule has 1 heterocycles. The third-order valence-electron chi connectivity index (χ3n) is 3.63. The first-order chi connectivity index (χ1) is 8.65. The van der Waals surface area contributed by atoms with Crippen LogP contribution in [0.15, 0.2) is 24.3 Å². The number of benzene rings is 1. The van der Waals surface area contributed by atoms with Gasteiger partial charge in [-0.05, 0) is 33.2 Å². The van der Waals surface area contributed by atoms with Gasteiger partial charge in [0.25, 0.3) is 0 Å². The Morgan fingerprint density at radius 1 is 1.00 bits per heavy atom. The lowest BCUT2D eigenvalue weighted by Gasteiger charge is -2.36. The molecule has 1 saturated heterocycles. The van der Waals surface area contributed by atoms with Crippen molar-refractivity contribution in [1.82, 2.24) is 9.80 Å². The zero-order valence-corrected chi connectivity index (χ0v) is 11.9. The second-order valence-electron chi connectivity index (χ2n) is 5.47. The van der Waals surface area contributed by atoms with E-state index in [1.807, 2.05) is 0 Å². The normalized spacial score (nSPS) is 17.4. The second-order valence-corrected chi connectivity index (χ2v) is 5.47. The third kappa shape index (κ3) is 3.72. The van der Waals surface area contributed by atoms with Crippen molar-refractivity contribution in [2.45, 2.75) is 6.92 Å². The van der Waals surface area contributed by atoms with E-state index >= 15 is 0 Å². The van der Waals surface area contributed by atoms with Crippen LogP contribution in [0.25, 0.3) is 0 Å². The standard InChI is InChI=1S/C15H25N3/c1-14-4-6-15(7-5-14)18-12-10-17(11-13-18)9-8-16(2)3/h4-7H,8-13H2,1-3H3. The summed E-state index contributed by atoms with van der Waals surface area (Å²) in [6, 6.07) is 8.89. The van der Waals surface area contributed by atoms with E-state index in [-0.39, 0.29) is 0 Å². The minimum atomic E-state index is 1.15. The first-order valence-electron chi connectivity index (χ1n) is 6.84. The summed E-state index contributed by atoms with van der Waals surface area (Å²) in [5.74, 6) is 0. The highest BCUT2D eigenvalue weighted by Crippen LogP contribution is 2.16. The minimum Gasteiger partial charge on any atom is -0.369 e. The molecule has 1 aromatic carbocycles. The molecule has 3 heteroatoms. The Morgan fingerprint density at radius 2 is 1.61 bits per heavy atom. The van der Waals surface area contributed by atoms with Crippen molar-refractivity contribution < 1.29 is 0 Å². The number of hydrogen-bond donors (Lipinski definition) is 0. The summed E-state index contributed by atoms with van der Waals surface area (Å²) in [5, 5.41) is 0. The minimum absolute atomic E-state index is 1.15. The molecule has 0 saturated carbocycles. The summed E-state index contributed by atoms with van der Waals surface area (Å²) < 4.78 is 0. The van der Waals surface area contributed by atoms with E-state index in [4.69, 9.17) is 0 Å². The molecule has 0 radical (unpaired) electrons. The van der Waals surface area contributed by atoms with Crippen LogP contribution < -0.4 is 4.90 Å². The fourth-order valence-corrected chi connectivity index (χ4v) is 2.33. The van der Waals surface area contributed by atoms with E-state index in [1.54, 1.807) is 0 Å². The van der Waals surface area contributed by atoms with Gasteiger partial charge in [0.2, 0.25) is 0 Å². The van der Waals surface area contributed by atoms with Crippen molar-refractivity contribution >= 4 is 5.69 Å². The molecule has 0 bridgehead atoms. The van der Waals surface area contributed by atoms with Crippen LogP contribution in [0.3, 0.4) is 0 Å². The van der Waals surface area contributed by atoms with Gasteiger partial charge in [0.05, 0.1) is 0 Å². The maximum absolute atomic E-state index is 2.56. The number of hydrogen-bond acceptors (Lipinski definition) is 3. The van der Waals surface area contributed by atoms with Gasteiger partial charge in [0.15, 0.2) is 0 Å². The summed E-state index contributed by atoms with van der Waals surface area (Å²) in [5.41, 5.74) is 2.70. The van der Waals surface area contributed by atoms with Gasteiger partial charge in [-0.3, -0.25) is 4.90 Å². The molecule has 0 aliphatic carbocycles. The summed E-state index contributed by atoms with van der Waals surface area (Å²) in [4.78, 5) is 7.31. The molecule has 1 aliphatic rings. The predicted molar refractivity (Wildman–Crippen MR) is 78.4 cm³/mol. The number of nitrogens with zero attached hydrogens (tertiary/aromatic N) is 3. The molecule has 100 valence electrons. The number of aryl methyl sites for hydroxylation is 1. The average molecular weight is 247 g/mol. The topological polar surface area (TPSA) is 9.72 Å². The second kappa shape index (κ2) is 6.21. The molecule has 0 atom stereocenters. The molecule has 0 N–H and O–H groups in total. The van der Waals surface area contributed by atoms with E-state index in [2.05, 4.69) is 60.0 Å². The molecule has 3 nitrogen and oxygen atoms in total. The van der Waals surface area contributed by atoms with Gasteiger partial charge in [-0.15, -0.1) is 0 Å². The first kappa shape index (κ1) is 13.4. The van der Waals surface area contributed by atoms with E-state index in [0.29, 0.717) is 0 Å². The van der Waals surface area contributed by atoms with Gasteiger partial charge >= 0.3 is 0 Å². The molecule has 0 unspecified atom stereocenters. The molecule has 1 aromatic rings. The Morgan fingerprint density at radius 3 is 2.17 bits per heavy atom. The largest absolute Gasteiger partial charge is 0.369 e. The van der Waals surface area contributed by atoms with Crippen LogP contribution in [-0.2, 0) is 0 Å². The quantitative estimate of drug-likeness (QED) is 0.801. The summed E-state index contributed by atoms with van der Waals surface area (Å²) in [7, 11) is 4.28. The Balaban J connectivity index is 1.81. The van der Waals surface area contributed by atoms with Gasteiger partial charge < -0.3 is 9.80 Å². The third-order valence-corrected chi connectivity index (χ3v) is 3.63. The predicted octanol–water partition coefficient (Wildman–Crippen LogP) is 1.68. The lowest BCUT2D eigenvalue weighted by Crippen LogP contribution is -2.48. The molecule has 2 rings (SSSR count). The lowest BCUT2D eigenvalue weighted by atomic mass is 10.2. The van der Waals surface area contributed by atoms with E-state index < -0.39 is 0 Å². The fourth-order valence-electron chi connectivity index (χ4n) is 2.33. The molecule has 0 amide bonds. The summed E-state index contributed by atoms with van der Waals surface area (Å²) in [6.07, 6.45) is 0. The van der Waals surface area contributed by atoms with Crippen LogP contribution in [-0.4, -0.2) is 63.2 Å². The maximum atomic E-state index is 2.56. The summed E-state index contributed by atoms with van der Waals surface area (Å²) >= 11 is 0. The molecular weight excluding hydrogens is 222 g/mol. The fraction of sp³-hybridized carbons (Fsp3) is 0.600. The Labute approximate surface area is 111 Å². The van der Waals surface area contributed by atoms with Crippen molar-refractivity contribution in [3.05, 3.63) is 29.8 Å². The van der Waals surface area contributed by atoms with Crippen LogP contribution in [0.5, 0.6) is 0 Å². The van der Waals surface area contributed by atoms with E-state index in [1.165, 1.54) is 30.9 Å². The average Bonchev–Trinajstić information content (AvgIpc) is 2.38. The SMILES string of the molecule is Cc1ccc(N2CCN(CCN(C)C)CC2)cc1. The molecule has 0 spiro atoms. The zero-order chi connectivity index (χ0) is 13.0. The highest BCUT2D eigenvalue weighted by molar-refractivity contribution is 5.47. The van der Waals surface area contributed by atoms with Crippen molar-refractivity contribution in [2.75, 3.05) is 58.3 Å². The smallest absolute Gasteiger partial charge is 0.0367 e. The first-order valence-corrected chi connectivity index (χ1v) is 6.84. The highest BCUT2D eigenvalue weighted by Gasteiger charge is 2.16. The zero-order valence-electron chi connectivity index (χ0n) is 11.9. The van der Waals surface area contributed by atoms with E-state index in [0.717, 1.165) is 19.6 Å². The summed E-state index contributed by atoms with van der Waals surface area (Å²) in [6.45, 7) is 9.15. The Kier molecular flexibility index (Phi) is 4.61. The van der Waals surface area contributed by atoms with Crippen LogP contribution >= 0.6 is 0 Å². The van der Waals surface area contributed by atoms with Crippen LogP contribution in [0.1, 0.15) is 5.56 Å². The molecule has 0 aromatic heterocycles. The van der Waals surface area contributed by atoms with Crippen LogP contribution in [0.4, 0.5) is 5.69 Å². The molecule has 1 aliphatic heterocycles. The van der Waals surface area contributed by atoms with Gasteiger partial charge in [-0.1, -0.05) is 17.7 Å². The Hall–Kier alpha value is -1.06. The molecule has 1 fully saturated rings. The van der Waals surface area contributed by atoms with Crippen LogP contribution in [0, 0.1) is 6.92 Å². The highest BCUT2D eigenvalue weighted by atomic mass is 15.3. The van der Waals surface area contributed by atoms with Crippen molar-refractivity contribution in [3.8, 4) is 0 Å². The maximum Gasteiger partial charge on any atom is 0.0367 e. The molecular formula is C15H25N3. The van der Waals surface area contributed by atoms with E-state index in [9.17, 15) is 0 Å². The Bertz CT molecular complexity index is 351.